The van der Waals surface area contributed by atoms with Gasteiger partial charge < -0.3 is 21.3 Å². The molecule has 1 saturated heterocycles. The Labute approximate surface area is 248 Å². The standard InChI is InChI=1S/C31H31Cl2FN4O3/c1-30(2,3)14-19-16-38(29(41)36-15-17-7-9-18(10-8-17)27(35)39)26(21-5-4-6-23(33)25(21)34)31(19)22-12-11-20(32)13-24(22)37-28(31)40/h4-13,19,26H,14-16H2,1-3H3,(H2,35,39)(H,36,41)(H,37,40)/t19-,26-,31+/m1/s1. The normalized spacial score (nSPS) is 21.6. The van der Waals surface area contributed by atoms with Crippen LogP contribution in [-0.2, 0) is 16.8 Å². The Morgan fingerprint density at radius 3 is 2.49 bits per heavy atom. The first kappa shape index (κ1) is 28.9. The zero-order valence-corrected chi connectivity index (χ0v) is 24.4. The van der Waals surface area contributed by atoms with Gasteiger partial charge in [-0.3, -0.25) is 9.59 Å². The quantitative estimate of drug-likeness (QED) is 0.315. The van der Waals surface area contributed by atoms with E-state index in [0.717, 1.165) is 5.56 Å². The number of nitrogens with one attached hydrogen (secondary N) is 2. The summed E-state index contributed by atoms with van der Waals surface area (Å²) < 4.78 is 15.8. The number of fused-ring (bicyclic) bond motifs is 2. The summed E-state index contributed by atoms with van der Waals surface area (Å²) in [6.07, 6.45) is 0.583. The lowest BCUT2D eigenvalue weighted by Gasteiger charge is -2.38. The smallest absolute Gasteiger partial charge is 0.318 e. The van der Waals surface area contributed by atoms with Crippen LogP contribution < -0.4 is 16.4 Å². The molecule has 214 valence electrons. The number of benzene rings is 3. The molecule has 0 radical (unpaired) electrons. The maximum atomic E-state index is 15.8. The summed E-state index contributed by atoms with van der Waals surface area (Å²) in [4.78, 5) is 41.1. The van der Waals surface area contributed by atoms with Crippen molar-refractivity contribution in [2.45, 2.75) is 45.2 Å². The molecule has 41 heavy (non-hydrogen) atoms. The molecule has 0 aliphatic carbocycles. The molecule has 4 amide bonds. The minimum absolute atomic E-state index is 0.0958. The molecular weight excluding hydrogens is 566 g/mol. The highest BCUT2D eigenvalue weighted by atomic mass is 35.5. The fourth-order valence-electron chi connectivity index (χ4n) is 6.34. The van der Waals surface area contributed by atoms with Gasteiger partial charge in [0.25, 0.3) is 0 Å². The van der Waals surface area contributed by atoms with Crippen molar-refractivity contribution in [3.63, 3.8) is 0 Å². The van der Waals surface area contributed by atoms with E-state index in [4.69, 9.17) is 28.9 Å². The van der Waals surface area contributed by atoms with Crippen LogP contribution in [0.3, 0.4) is 0 Å². The Morgan fingerprint density at radius 2 is 1.83 bits per heavy atom. The number of nitrogens with zero attached hydrogens (tertiary/aromatic N) is 1. The van der Waals surface area contributed by atoms with Gasteiger partial charge in [0.05, 0.1) is 11.1 Å². The lowest BCUT2D eigenvalue weighted by atomic mass is 9.63. The predicted molar refractivity (Wildman–Crippen MR) is 157 cm³/mol. The van der Waals surface area contributed by atoms with Gasteiger partial charge in [-0.2, -0.15) is 0 Å². The van der Waals surface area contributed by atoms with Crippen molar-refractivity contribution in [1.29, 1.82) is 0 Å². The molecule has 3 aromatic carbocycles. The van der Waals surface area contributed by atoms with Crippen molar-refractivity contribution >= 4 is 46.7 Å². The van der Waals surface area contributed by atoms with Crippen LogP contribution in [0.1, 0.15) is 60.3 Å². The summed E-state index contributed by atoms with van der Waals surface area (Å²) >= 11 is 12.5. The number of primary amides is 1. The van der Waals surface area contributed by atoms with Crippen molar-refractivity contribution in [3.05, 3.63) is 98.8 Å². The molecule has 10 heteroatoms. The highest BCUT2D eigenvalue weighted by Gasteiger charge is 2.65. The van der Waals surface area contributed by atoms with Gasteiger partial charge in [-0.05, 0) is 59.2 Å². The zero-order valence-electron chi connectivity index (χ0n) is 22.9. The monoisotopic (exact) mass is 596 g/mol. The van der Waals surface area contributed by atoms with Crippen LogP contribution in [0.4, 0.5) is 14.9 Å². The van der Waals surface area contributed by atoms with E-state index in [0.29, 0.717) is 28.3 Å². The van der Waals surface area contributed by atoms with Crippen LogP contribution in [0.25, 0.3) is 0 Å². The van der Waals surface area contributed by atoms with Gasteiger partial charge in [0, 0.05) is 34.9 Å². The second kappa shape index (κ2) is 10.7. The third-order valence-electron chi connectivity index (χ3n) is 7.93. The molecule has 2 aliphatic rings. The maximum Gasteiger partial charge on any atom is 0.318 e. The molecule has 2 aliphatic heterocycles. The van der Waals surface area contributed by atoms with Gasteiger partial charge in [0.2, 0.25) is 11.8 Å². The molecule has 7 nitrogen and oxygen atoms in total. The van der Waals surface area contributed by atoms with Crippen LogP contribution in [0.5, 0.6) is 0 Å². The second-order valence-corrected chi connectivity index (χ2v) is 12.7. The first-order valence-corrected chi connectivity index (χ1v) is 14.1. The average molecular weight is 598 g/mol. The number of likely N-dealkylation sites (tertiary alicyclic amines) is 1. The fourth-order valence-corrected chi connectivity index (χ4v) is 6.69. The molecule has 0 saturated carbocycles. The number of hydrogen-bond donors (Lipinski definition) is 3. The lowest BCUT2D eigenvalue weighted by Crippen LogP contribution is -2.47. The summed E-state index contributed by atoms with van der Waals surface area (Å²) in [5, 5.41) is 6.26. The van der Waals surface area contributed by atoms with E-state index in [1.165, 1.54) is 6.07 Å². The highest BCUT2D eigenvalue weighted by Crippen LogP contribution is 2.60. The van der Waals surface area contributed by atoms with E-state index < -0.39 is 29.2 Å². The summed E-state index contributed by atoms with van der Waals surface area (Å²) in [6, 6.07) is 15.0. The fraction of sp³-hybridized carbons (Fsp3) is 0.323. The van der Waals surface area contributed by atoms with Crippen molar-refractivity contribution in [1.82, 2.24) is 10.2 Å². The number of carbonyl (C=O) groups excluding carboxylic acids is 3. The Hall–Kier alpha value is -3.62. The predicted octanol–water partition coefficient (Wildman–Crippen LogP) is 6.44. The first-order chi connectivity index (χ1) is 19.3. The van der Waals surface area contributed by atoms with Crippen LogP contribution in [0.2, 0.25) is 10.0 Å². The third kappa shape index (κ3) is 5.15. The molecular formula is C31H31Cl2FN4O3. The number of amides is 4. The maximum absolute atomic E-state index is 15.8. The third-order valence-corrected chi connectivity index (χ3v) is 8.46. The van der Waals surface area contributed by atoms with E-state index in [2.05, 4.69) is 31.4 Å². The molecule has 5 rings (SSSR count). The number of halogens is 3. The summed E-state index contributed by atoms with van der Waals surface area (Å²) in [6.45, 7) is 6.57. The molecule has 3 aromatic rings. The van der Waals surface area contributed by atoms with Crippen LogP contribution in [-0.4, -0.2) is 29.3 Å². The lowest BCUT2D eigenvalue weighted by molar-refractivity contribution is -0.123. The number of anilines is 1. The molecule has 3 atom stereocenters. The Bertz CT molecular complexity index is 1540. The summed E-state index contributed by atoms with van der Waals surface area (Å²) in [5.74, 6) is -1.89. The summed E-state index contributed by atoms with van der Waals surface area (Å²) in [5.41, 5.74) is 6.31. The van der Waals surface area contributed by atoms with Crippen molar-refractivity contribution in [3.8, 4) is 0 Å². The number of rotatable bonds is 5. The molecule has 0 aromatic heterocycles. The Morgan fingerprint density at radius 1 is 1.12 bits per heavy atom. The van der Waals surface area contributed by atoms with Crippen molar-refractivity contribution in [2.24, 2.45) is 17.1 Å². The molecule has 1 spiro atoms. The van der Waals surface area contributed by atoms with Crippen LogP contribution in [0.15, 0.2) is 60.7 Å². The highest BCUT2D eigenvalue weighted by molar-refractivity contribution is 6.31. The van der Waals surface area contributed by atoms with Gasteiger partial charge in [-0.15, -0.1) is 0 Å². The largest absolute Gasteiger partial charge is 0.366 e. The summed E-state index contributed by atoms with van der Waals surface area (Å²) in [7, 11) is 0. The molecule has 2 heterocycles. The number of nitrogens with two attached hydrogens (primary N) is 1. The van der Waals surface area contributed by atoms with Crippen molar-refractivity contribution < 1.29 is 18.8 Å². The minimum Gasteiger partial charge on any atom is -0.366 e. The number of carbonyl (C=O) groups is 3. The van der Waals surface area contributed by atoms with Gasteiger partial charge in [-0.1, -0.05) is 74.3 Å². The molecule has 1 fully saturated rings. The first-order valence-electron chi connectivity index (χ1n) is 13.3. The topological polar surface area (TPSA) is 105 Å². The van der Waals surface area contributed by atoms with E-state index in [1.54, 1.807) is 59.5 Å². The van der Waals surface area contributed by atoms with E-state index in [9.17, 15) is 14.4 Å². The van der Waals surface area contributed by atoms with Gasteiger partial charge in [0.15, 0.2) is 0 Å². The van der Waals surface area contributed by atoms with E-state index in [-0.39, 0.29) is 40.9 Å². The van der Waals surface area contributed by atoms with Gasteiger partial charge in [-0.25, -0.2) is 9.18 Å². The van der Waals surface area contributed by atoms with E-state index >= 15 is 4.39 Å². The Kier molecular flexibility index (Phi) is 7.51. The second-order valence-electron chi connectivity index (χ2n) is 11.9. The SMILES string of the molecule is CC(C)(C)C[C@@H]1CN(C(=O)NCc2ccc(C(N)=O)cc2)[C@H](c2cccc(Cl)c2F)[C@]12C(=O)Nc1cc(Cl)ccc12. The van der Waals surface area contributed by atoms with Crippen molar-refractivity contribution in [2.75, 3.05) is 11.9 Å². The van der Waals surface area contributed by atoms with Crippen LogP contribution in [0, 0.1) is 17.2 Å². The zero-order chi connectivity index (χ0) is 29.7. The van der Waals surface area contributed by atoms with Gasteiger partial charge in [0.1, 0.15) is 11.2 Å². The number of hydrogen-bond acceptors (Lipinski definition) is 3. The molecule has 0 unspecified atom stereocenters. The van der Waals surface area contributed by atoms with E-state index in [1.807, 2.05) is 0 Å². The van der Waals surface area contributed by atoms with Crippen LogP contribution >= 0.6 is 23.2 Å². The Balaban J connectivity index is 1.62. The molecule has 0 bridgehead atoms. The average Bonchev–Trinajstić information content (AvgIpc) is 3.38. The number of urea groups is 1. The van der Waals surface area contributed by atoms with Gasteiger partial charge >= 0.3 is 6.03 Å². The minimum atomic E-state index is -1.29. The molecule has 4 N–H and O–H groups in total.